The molecule has 0 amide bonds. The van der Waals surface area contributed by atoms with Crippen LogP contribution in [0.5, 0.6) is 5.75 Å². The van der Waals surface area contributed by atoms with Gasteiger partial charge in [-0.3, -0.25) is 0 Å². The van der Waals surface area contributed by atoms with Crippen LogP contribution in [0, 0.1) is 0 Å². The molecule has 134 valence electrons. The van der Waals surface area contributed by atoms with Gasteiger partial charge in [0.05, 0.1) is 19.3 Å². The summed E-state index contributed by atoms with van der Waals surface area (Å²) in [5.74, 6) is 2.72. The molecule has 1 aliphatic heterocycles. The number of ether oxygens (including phenoxy) is 2. The zero-order valence-corrected chi connectivity index (χ0v) is 14.6. The molecule has 3 aromatic rings. The molecule has 4 rings (SSSR count). The predicted octanol–water partition coefficient (Wildman–Crippen LogP) is 3.03. The van der Waals surface area contributed by atoms with Crippen LogP contribution in [-0.4, -0.2) is 48.5 Å². The predicted molar refractivity (Wildman–Crippen MR) is 97.2 cm³/mol. The highest BCUT2D eigenvalue weighted by molar-refractivity contribution is 5.60. The molecular weight excluding hydrogens is 332 g/mol. The molecule has 3 heterocycles. The van der Waals surface area contributed by atoms with E-state index >= 15 is 0 Å². The molecule has 0 bridgehead atoms. The Kier molecular flexibility index (Phi) is 4.79. The maximum atomic E-state index is 5.49. The Morgan fingerprint density at radius 1 is 1.00 bits per heavy atom. The average Bonchev–Trinajstić information content (AvgIpc) is 3.04. The minimum atomic E-state index is 0.453. The van der Waals surface area contributed by atoms with Crippen molar-refractivity contribution in [1.29, 1.82) is 0 Å². The summed E-state index contributed by atoms with van der Waals surface area (Å²) < 4.78 is 16.1. The van der Waals surface area contributed by atoms with Crippen LogP contribution in [0.15, 0.2) is 47.1 Å². The third kappa shape index (κ3) is 3.52. The van der Waals surface area contributed by atoms with Crippen LogP contribution in [0.25, 0.3) is 22.8 Å². The van der Waals surface area contributed by atoms with Gasteiger partial charge in [-0.2, -0.15) is 4.98 Å². The number of anilines is 1. The number of methoxy groups -OCH3 is 1. The van der Waals surface area contributed by atoms with Crippen LogP contribution in [0.3, 0.4) is 0 Å². The molecule has 26 heavy (non-hydrogen) atoms. The fourth-order valence-electron chi connectivity index (χ4n) is 2.87. The van der Waals surface area contributed by atoms with Crippen molar-refractivity contribution in [2.75, 3.05) is 38.3 Å². The van der Waals surface area contributed by atoms with Gasteiger partial charge in [0.2, 0.25) is 5.82 Å². The smallest absolute Gasteiger partial charge is 0.259 e. The van der Waals surface area contributed by atoms with Crippen LogP contribution in [0.1, 0.15) is 6.42 Å². The van der Waals surface area contributed by atoms with E-state index in [1.54, 1.807) is 13.3 Å². The number of aromatic nitrogens is 3. The molecule has 7 heteroatoms. The lowest BCUT2D eigenvalue weighted by Gasteiger charge is -2.20. The van der Waals surface area contributed by atoms with Gasteiger partial charge >= 0.3 is 0 Å². The minimum Gasteiger partial charge on any atom is -0.497 e. The molecule has 1 aliphatic rings. The van der Waals surface area contributed by atoms with E-state index in [1.165, 1.54) is 0 Å². The highest BCUT2D eigenvalue weighted by Crippen LogP contribution is 2.24. The molecular formula is C19H20N4O3. The Hall–Kier alpha value is -2.93. The molecule has 7 nitrogen and oxygen atoms in total. The second kappa shape index (κ2) is 7.53. The minimum absolute atomic E-state index is 0.453. The van der Waals surface area contributed by atoms with Crippen molar-refractivity contribution in [1.82, 2.24) is 15.1 Å². The van der Waals surface area contributed by atoms with E-state index < -0.39 is 0 Å². The van der Waals surface area contributed by atoms with Crippen molar-refractivity contribution in [3.63, 3.8) is 0 Å². The Morgan fingerprint density at radius 2 is 1.85 bits per heavy atom. The number of nitrogens with zero attached hydrogens (tertiary/aromatic N) is 4. The normalized spacial score (nSPS) is 14.9. The van der Waals surface area contributed by atoms with E-state index in [0.29, 0.717) is 11.7 Å². The van der Waals surface area contributed by atoms with Gasteiger partial charge in [-0.15, -0.1) is 0 Å². The zero-order chi connectivity index (χ0) is 17.8. The largest absolute Gasteiger partial charge is 0.497 e. The lowest BCUT2D eigenvalue weighted by Crippen LogP contribution is -2.26. The van der Waals surface area contributed by atoms with Gasteiger partial charge in [-0.05, 0) is 42.8 Å². The van der Waals surface area contributed by atoms with Gasteiger partial charge in [0.15, 0.2) is 0 Å². The van der Waals surface area contributed by atoms with E-state index in [9.17, 15) is 0 Å². The Morgan fingerprint density at radius 3 is 2.62 bits per heavy atom. The lowest BCUT2D eigenvalue weighted by atomic mass is 10.2. The van der Waals surface area contributed by atoms with Gasteiger partial charge < -0.3 is 18.9 Å². The van der Waals surface area contributed by atoms with Gasteiger partial charge in [-0.1, -0.05) is 5.16 Å². The van der Waals surface area contributed by atoms with Gasteiger partial charge in [0, 0.05) is 31.5 Å². The summed E-state index contributed by atoms with van der Waals surface area (Å²) in [6, 6.07) is 11.5. The van der Waals surface area contributed by atoms with Gasteiger partial charge in [0.25, 0.3) is 5.89 Å². The van der Waals surface area contributed by atoms with E-state index in [2.05, 4.69) is 20.0 Å². The number of rotatable bonds is 4. The summed E-state index contributed by atoms with van der Waals surface area (Å²) in [4.78, 5) is 11.3. The van der Waals surface area contributed by atoms with E-state index in [-0.39, 0.29) is 0 Å². The maximum Gasteiger partial charge on any atom is 0.259 e. The first kappa shape index (κ1) is 16.5. The second-order valence-electron chi connectivity index (χ2n) is 6.01. The Bertz CT molecular complexity index is 838. The summed E-state index contributed by atoms with van der Waals surface area (Å²) >= 11 is 0. The topological polar surface area (TPSA) is 73.5 Å². The van der Waals surface area contributed by atoms with Crippen molar-refractivity contribution in [3.05, 3.63) is 42.6 Å². The van der Waals surface area contributed by atoms with Crippen molar-refractivity contribution in [2.24, 2.45) is 0 Å². The number of hydrogen-bond donors (Lipinski definition) is 0. The quantitative estimate of drug-likeness (QED) is 0.714. The van der Waals surface area contributed by atoms with E-state index in [0.717, 1.165) is 55.4 Å². The van der Waals surface area contributed by atoms with Crippen LogP contribution in [0.4, 0.5) is 5.82 Å². The van der Waals surface area contributed by atoms with E-state index in [4.69, 9.17) is 14.0 Å². The lowest BCUT2D eigenvalue weighted by molar-refractivity contribution is 0.152. The molecule has 1 aromatic carbocycles. The Balaban J connectivity index is 1.51. The summed E-state index contributed by atoms with van der Waals surface area (Å²) in [6.45, 7) is 3.35. The van der Waals surface area contributed by atoms with Gasteiger partial charge in [0.1, 0.15) is 11.6 Å². The van der Waals surface area contributed by atoms with Crippen molar-refractivity contribution >= 4 is 5.82 Å². The highest BCUT2D eigenvalue weighted by Gasteiger charge is 2.14. The SMILES string of the molecule is COc1ccc(-c2noc(-c3ccc(N4CCCOCC4)nc3)n2)cc1. The molecule has 0 saturated carbocycles. The monoisotopic (exact) mass is 352 g/mol. The fraction of sp³-hybridized carbons (Fsp3) is 0.316. The average molecular weight is 352 g/mol. The van der Waals surface area contributed by atoms with Crippen LogP contribution in [-0.2, 0) is 4.74 Å². The summed E-state index contributed by atoms with van der Waals surface area (Å²) in [5, 5.41) is 4.06. The molecule has 0 aliphatic carbocycles. The second-order valence-corrected chi connectivity index (χ2v) is 6.01. The highest BCUT2D eigenvalue weighted by atomic mass is 16.5. The fourth-order valence-corrected chi connectivity index (χ4v) is 2.87. The molecule has 1 fully saturated rings. The first-order valence-corrected chi connectivity index (χ1v) is 8.61. The number of hydrogen-bond acceptors (Lipinski definition) is 7. The first-order chi connectivity index (χ1) is 12.8. The van der Waals surface area contributed by atoms with Gasteiger partial charge in [-0.25, -0.2) is 4.98 Å². The van der Waals surface area contributed by atoms with Crippen LogP contribution >= 0.6 is 0 Å². The molecule has 0 N–H and O–H groups in total. The molecule has 0 spiro atoms. The summed E-state index contributed by atoms with van der Waals surface area (Å²) in [5.41, 5.74) is 1.67. The number of benzene rings is 1. The number of pyridine rings is 1. The summed E-state index contributed by atoms with van der Waals surface area (Å²) in [6.07, 6.45) is 2.78. The van der Waals surface area contributed by atoms with Crippen molar-refractivity contribution in [2.45, 2.75) is 6.42 Å². The maximum absolute atomic E-state index is 5.49. The van der Waals surface area contributed by atoms with Crippen LogP contribution < -0.4 is 9.64 Å². The zero-order valence-electron chi connectivity index (χ0n) is 14.6. The molecule has 1 saturated heterocycles. The molecule has 0 atom stereocenters. The van der Waals surface area contributed by atoms with Crippen molar-refractivity contribution in [3.8, 4) is 28.6 Å². The first-order valence-electron chi connectivity index (χ1n) is 8.61. The summed E-state index contributed by atoms with van der Waals surface area (Å²) in [7, 11) is 1.64. The van der Waals surface area contributed by atoms with E-state index in [1.807, 2.05) is 36.4 Å². The molecule has 0 unspecified atom stereocenters. The molecule has 2 aromatic heterocycles. The molecule has 0 radical (unpaired) electrons. The standard InChI is InChI=1S/C19H20N4O3/c1-24-16-6-3-14(4-7-16)18-21-19(26-22-18)15-5-8-17(20-13-15)23-9-2-11-25-12-10-23/h3-8,13H,2,9-12H2,1H3. The van der Waals surface area contributed by atoms with Crippen LogP contribution in [0.2, 0.25) is 0 Å². The third-order valence-corrected chi connectivity index (χ3v) is 4.32. The van der Waals surface area contributed by atoms with Crippen molar-refractivity contribution < 1.29 is 14.0 Å². The Labute approximate surface area is 151 Å². The third-order valence-electron chi connectivity index (χ3n) is 4.32.